The number of methoxy groups -OCH3 is 1. The first-order valence-electron chi connectivity index (χ1n) is 13.9. The largest absolute Gasteiger partial charge is 0.497 e. The fraction of sp³-hybridized carbons (Fsp3) is 0.188. The summed E-state index contributed by atoms with van der Waals surface area (Å²) in [7, 11) is -6.65. The standard InChI is InChI=1S/C32H29N3O7S2/c1-22-7-15-27(16-8-22)44(40,41)34-31-6-4-3-5-29(31)30-21-33(43(38,39)26-17-11-24(12-18-26)35(36)37)20-19-28(32(30)34)23-9-13-25(42-2)14-10-23/h3-18,28H,19-21H2,1-2H3. The maximum absolute atomic E-state index is 14.4. The monoisotopic (exact) mass is 631 g/mol. The number of aromatic nitrogens is 1. The van der Waals surface area contributed by atoms with Gasteiger partial charge in [0.1, 0.15) is 5.75 Å². The quantitative estimate of drug-likeness (QED) is 0.163. The van der Waals surface area contributed by atoms with E-state index in [4.69, 9.17) is 4.74 Å². The summed E-state index contributed by atoms with van der Waals surface area (Å²) in [6.07, 6.45) is 0.283. The van der Waals surface area contributed by atoms with Crippen LogP contribution in [0.5, 0.6) is 5.75 Å². The summed E-state index contributed by atoms with van der Waals surface area (Å²) in [6, 6.07) is 25.9. The molecular formula is C32H29N3O7S2. The average molecular weight is 632 g/mol. The minimum Gasteiger partial charge on any atom is -0.497 e. The first-order chi connectivity index (χ1) is 21.0. The molecule has 1 atom stereocenters. The van der Waals surface area contributed by atoms with Gasteiger partial charge in [0, 0.05) is 42.2 Å². The van der Waals surface area contributed by atoms with Gasteiger partial charge in [-0.05, 0) is 66.9 Å². The lowest BCUT2D eigenvalue weighted by Crippen LogP contribution is -2.31. The Hall–Kier alpha value is -4.52. The summed E-state index contributed by atoms with van der Waals surface area (Å²) in [5, 5.41) is 11.8. The number of para-hydroxylation sites is 1. The van der Waals surface area contributed by atoms with E-state index in [-0.39, 0.29) is 35.0 Å². The molecular weight excluding hydrogens is 603 g/mol. The first-order valence-corrected chi connectivity index (χ1v) is 16.7. The van der Waals surface area contributed by atoms with Crippen molar-refractivity contribution in [3.05, 3.63) is 130 Å². The van der Waals surface area contributed by atoms with E-state index in [2.05, 4.69) is 0 Å². The van der Waals surface area contributed by atoms with Gasteiger partial charge < -0.3 is 4.74 Å². The second-order valence-corrected chi connectivity index (χ2v) is 14.4. The smallest absolute Gasteiger partial charge is 0.269 e. The lowest BCUT2D eigenvalue weighted by atomic mass is 9.91. The van der Waals surface area contributed by atoms with E-state index < -0.39 is 30.9 Å². The van der Waals surface area contributed by atoms with Crippen molar-refractivity contribution in [2.24, 2.45) is 0 Å². The van der Waals surface area contributed by atoms with Crippen LogP contribution in [-0.4, -0.2) is 43.7 Å². The number of rotatable bonds is 7. The van der Waals surface area contributed by atoms with E-state index in [0.717, 1.165) is 23.3 Å². The second-order valence-electron chi connectivity index (χ2n) is 10.7. The maximum Gasteiger partial charge on any atom is 0.269 e. The van der Waals surface area contributed by atoms with Crippen LogP contribution in [0.1, 0.15) is 34.7 Å². The topological polar surface area (TPSA) is 129 Å². The molecule has 10 nitrogen and oxygen atoms in total. The highest BCUT2D eigenvalue weighted by Gasteiger charge is 2.38. The number of hydrogen-bond donors (Lipinski definition) is 0. The van der Waals surface area contributed by atoms with Crippen LogP contribution in [0.3, 0.4) is 0 Å². The van der Waals surface area contributed by atoms with E-state index in [0.29, 0.717) is 27.9 Å². The zero-order valence-electron chi connectivity index (χ0n) is 24.0. The average Bonchev–Trinajstić information content (AvgIpc) is 3.22. The molecule has 0 saturated carbocycles. The number of nitrogens with zero attached hydrogens (tertiary/aromatic N) is 3. The molecule has 0 aliphatic carbocycles. The van der Waals surface area contributed by atoms with Crippen LogP contribution >= 0.6 is 0 Å². The number of benzene rings is 4. The summed E-state index contributed by atoms with van der Waals surface area (Å²) >= 11 is 0. The number of hydrogen-bond acceptors (Lipinski definition) is 7. The number of sulfonamides is 1. The number of ether oxygens (including phenoxy) is 1. The van der Waals surface area contributed by atoms with Gasteiger partial charge in [-0.15, -0.1) is 0 Å². The summed E-state index contributed by atoms with van der Waals surface area (Å²) in [6.45, 7) is 1.88. The van der Waals surface area contributed by atoms with E-state index >= 15 is 0 Å². The molecule has 6 rings (SSSR count). The van der Waals surface area contributed by atoms with Gasteiger partial charge in [-0.1, -0.05) is 48.0 Å². The summed E-state index contributed by atoms with van der Waals surface area (Å²) in [5.74, 6) is 0.151. The van der Waals surface area contributed by atoms with Gasteiger partial charge in [0.05, 0.1) is 27.3 Å². The SMILES string of the molecule is COc1ccc(C2CCN(S(=O)(=O)c3ccc([N+](=O)[O-])cc3)Cc3c2n(S(=O)(=O)c2ccc(C)cc2)c2ccccc32)cc1. The third kappa shape index (κ3) is 5.04. The fourth-order valence-corrected chi connectivity index (χ4v) is 8.84. The summed E-state index contributed by atoms with van der Waals surface area (Å²) in [4.78, 5) is 10.6. The van der Waals surface area contributed by atoms with Crippen LogP contribution in [0.25, 0.3) is 10.9 Å². The summed E-state index contributed by atoms with van der Waals surface area (Å²) < 4.78 is 64.8. The number of aryl methyl sites for hydroxylation is 1. The third-order valence-electron chi connectivity index (χ3n) is 8.07. The number of nitro groups is 1. The van der Waals surface area contributed by atoms with Crippen LogP contribution in [0.4, 0.5) is 5.69 Å². The van der Waals surface area contributed by atoms with E-state index in [1.54, 1.807) is 61.7 Å². The van der Waals surface area contributed by atoms with Crippen LogP contribution in [0, 0.1) is 17.0 Å². The zero-order valence-corrected chi connectivity index (χ0v) is 25.6. The van der Waals surface area contributed by atoms with Crippen molar-refractivity contribution in [3.63, 3.8) is 0 Å². The Morgan fingerprint density at radius 3 is 2.07 bits per heavy atom. The number of fused-ring (bicyclic) bond motifs is 3. The second kappa shape index (κ2) is 11.2. The van der Waals surface area contributed by atoms with Gasteiger partial charge >= 0.3 is 0 Å². The Bertz CT molecular complexity index is 2090. The highest BCUT2D eigenvalue weighted by Crippen LogP contribution is 2.43. The molecule has 0 amide bonds. The molecule has 0 spiro atoms. The van der Waals surface area contributed by atoms with Crippen LogP contribution in [-0.2, 0) is 26.6 Å². The number of non-ortho nitro benzene ring substituents is 1. The predicted molar refractivity (Wildman–Crippen MR) is 166 cm³/mol. The molecule has 4 aromatic carbocycles. The van der Waals surface area contributed by atoms with Crippen LogP contribution in [0.2, 0.25) is 0 Å². The molecule has 1 aliphatic rings. The van der Waals surface area contributed by atoms with Crippen molar-refractivity contribution in [1.29, 1.82) is 0 Å². The van der Waals surface area contributed by atoms with E-state index in [9.17, 15) is 26.9 Å². The Labute approximate surface area is 255 Å². The van der Waals surface area contributed by atoms with Crippen molar-refractivity contribution in [3.8, 4) is 5.75 Å². The maximum atomic E-state index is 14.4. The van der Waals surface area contributed by atoms with Crippen molar-refractivity contribution in [2.45, 2.75) is 35.6 Å². The van der Waals surface area contributed by atoms with Crippen molar-refractivity contribution in [2.75, 3.05) is 13.7 Å². The molecule has 0 saturated heterocycles. The number of nitro benzene ring substituents is 1. The normalized spacial score (nSPS) is 15.9. The molecule has 1 unspecified atom stereocenters. The highest BCUT2D eigenvalue weighted by atomic mass is 32.2. The van der Waals surface area contributed by atoms with Crippen LogP contribution < -0.4 is 4.74 Å². The van der Waals surface area contributed by atoms with Gasteiger partial charge in [-0.2, -0.15) is 4.31 Å². The molecule has 0 fully saturated rings. The molecule has 0 radical (unpaired) electrons. The Balaban J connectivity index is 1.58. The molecule has 44 heavy (non-hydrogen) atoms. The molecule has 0 bridgehead atoms. The lowest BCUT2D eigenvalue weighted by Gasteiger charge is -2.22. The molecule has 2 heterocycles. The van der Waals surface area contributed by atoms with E-state index in [1.165, 1.54) is 20.4 Å². The van der Waals surface area contributed by atoms with Crippen LogP contribution in [0.15, 0.2) is 107 Å². The van der Waals surface area contributed by atoms with Gasteiger partial charge in [0.2, 0.25) is 10.0 Å². The van der Waals surface area contributed by atoms with Crippen molar-refractivity contribution < 1.29 is 26.5 Å². The Kier molecular flexibility index (Phi) is 7.52. The first kappa shape index (κ1) is 29.5. The molecule has 12 heteroatoms. The van der Waals surface area contributed by atoms with Gasteiger partial charge in [0.15, 0.2) is 0 Å². The van der Waals surface area contributed by atoms with E-state index in [1.807, 2.05) is 25.1 Å². The van der Waals surface area contributed by atoms with Crippen molar-refractivity contribution >= 4 is 36.6 Å². The predicted octanol–water partition coefficient (Wildman–Crippen LogP) is 5.83. The highest BCUT2D eigenvalue weighted by molar-refractivity contribution is 7.90. The molecule has 226 valence electrons. The van der Waals surface area contributed by atoms with Crippen molar-refractivity contribution in [1.82, 2.24) is 8.28 Å². The molecule has 5 aromatic rings. The Morgan fingerprint density at radius 1 is 0.818 bits per heavy atom. The lowest BCUT2D eigenvalue weighted by molar-refractivity contribution is -0.384. The zero-order chi connectivity index (χ0) is 31.2. The van der Waals surface area contributed by atoms with Gasteiger partial charge in [-0.3, -0.25) is 10.1 Å². The van der Waals surface area contributed by atoms with Gasteiger partial charge in [0.25, 0.3) is 15.7 Å². The Morgan fingerprint density at radius 2 is 1.43 bits per heavy atom. The molecule has 1 aliphatic heterocycles. The third-order valence-corrected chi connectivity index (χ3v) is 11.7. The minimum absolute atomic E-state index is 0.0800. The minimum atomic E-state index is -4.11. The molecule has 1 aromatic heterocycles. The summed E-state index contributed by atoms with van der Waals surface area (Å²) in [5.41, 5.74) is 3.05. The van der Waals surface area contributed by atoms with Gasteiger partial charge in [-0.25, -0.2) is 20.8 Å². The molecule has 0 N–H and O–H groups in total. The fourth-order valence-electron chi connectivity index (χ4n) is 5.81.